The zero-order valence-electron chi connectivity index (χ0n) is 18.4. The SMILES string of the molecule is CC1=CC(=Nc2ccccc2)c2ccccc2C1=Nc1ccc(N)cc1Nc1ccccc1. The second-order valence-corrected chi connectivity index (χ2v) is 7.93. The van der Waals surface area contributed by atoms with Crippen LogP contribution in [0.25, 0.3) is 0 Å². The maximum Gasteiger partial charge on any atom is 0.0873 e. The van der Waals surface area contributed by atoms with Gasteiger partial charge in [-0.3, -0.25) is 0 Å². The van der Waals surface area contributed by atoms with Crippen molar-refractivity contribution in [2.75, 3.05) is 11.1 Å². The highest BCUT2D eigenvalue weighted by molar-refractivity contribution is 6.28. The summed E-state index contributed by atoms with van der Waals surface area (Å²) >= 11 is 0. The summed E-state index contributed by atoms with van der Waals surface area (Å²) in [5.74, 6) is 0. The monoisotopic (exact) mass is 428 g/mol. The summed E-state index contributed by atoms with van der Waals surface area (Å²) in [6, 6.07) is 34.1. The molecule has 0 aliphatic heterocycles. The van der Waals surface area contributed by atoms with Gasteiger partial charge in [0.15, 0.2) is 0 Å². The Morgan fingerprint density at radius 2 is 1.36 bits per heavy atom. The molecule has 0 saturated carbocycles. The molecule has 160 valence electrons. The lowest BCUT2D eigenvalue weighted by Gasteiger charge is -2.20. The molecule has 4 aromatic rings. The Bertz CT molecular complexity index is 1380. The average molecular weight is 429 g/mol. The number of para-hydroxylation sites is 2. The number of nitrogen functional groups attached to an aromatic ring is 1. The molecular weight excluding hydrogens is 404 g/mol. The molecule has 0 atom stereocenters. The van der Waals surface area contributed by atoms with Crippen molar-refractivity contribution in [3.63, 3.8) is 0 Å². The van der Waals surface area contributed by atoms with Gasteiger partial charge < -0.3 is 11.1 Å². The van der Waals surface area contributed by atoms with Crippen molar-refractivity contribution in [3.8, 4) is 0 Å². The van der Waals surface area contributed by atoms with Gasteiger partial charge in [0, 0.05) is 22.5 Å². The molecule has 0 unspecified atom stereocenters. The molecule has 0 saturated heterocycles. The van der Waals surface area contributed by atoms with Crippen LogP contribution < -0.4 is 11.1 Å². The average Bonchev–Trinajstić information content (AvgIpc) is 2.84. The van der Waals surface area contributed by atoms with Gasteiger partial charge in [-0.1, -0.05) is 60.7 Å². The highest BCUT2D eigenvalue weighted by Gasteiger charge is 2.20. The Balaban J connectivity index is 1.60. The van der Waals surface area contributed by atoms with E-state index in [1.807, 2.05) is 91.0 Å². The minimum absolute atomic E-state index is 0.686. The Morgan fingerprint density at radius 1 is 0.697 bits per heavy atom. The van der Waals surface area contributed by atoms with E-state index in [0.717, 1.165) is 50.9 Å². The first kappa shape index (κ1) is 20.5. The first-order chi connectivity index (χ1) is 16.2. The molecule has 0 radical (unpaired) electrons. The molecule has 3 N–H and O–H groups in total. The molecule has 5 rings (SSSR count). The van der Waals surface area contributed by atoms with Crippen molar-refractivity contribution in [1.29, 1.82) is 0 Å². The van der Waals surface area contributed by atoms with E-state index in [2.05, 4.69) is 30.4 Å². The largest absolute Gasteiger partial charge is 0.399 e. The summed E-state index contributed by atoms with van der Waals surface area (Å²) < 4.78 is 0. The first-order valence-electron chi connectivity index (χ1n) is 10.9. The highest BCUT2D eigenvalue weighted by Crippen LogP contribution is 2.33. The Labute approximate surface area is 193 Å². The minimum Gasteiger partial charge on any atom is -0.399 e. The summed E-state index contributed by atoms with van der Waals surface area (Å²) in [5, 5.41) is 3.45. The van der Waals surface area contributed by atoms with Crippen LogP contribution in [0.1, 0.15) is 18.1 Å². The van der Waals surface area contributed by atoms with Crippen LogP contribution in [0.3, 0.4) is 0 Å². The lowest BCUT2D eigenvalue weighted by Crippen LogP contribution is -2.16. The van der Waals surface area contributed by atoms with E-state index in [1.165, 1.54) is 0 Å². The third-order valence-electron chi connectivity index (χ3n) is 5.50. The van der Waals surface area contributed by atoms with E-state index in [4.69, 9.17) is 15.7 Å². The second-order valence-electron chi connectivity index (χ2n) is 7.93. The van der Waals surface area contributed by atoms with Crippen LogP contribution in [0.5, 0.6) is 0 Å². The van der Waals surface area contributed by atoms with Gasteiger partial charge in [0.25, 0.3) is 0 Å². The topological polar surface area (TPSA) is 62.8 Å². The maximum absolute atomic E-state index is 6.09. The quantitative estimate of drug-likeness (QED) is 0.337. The molecule has 0 fully saturated rings. The van der Waals surface area contributed by atoms with Gasteiger partial charge in [-0.15, -0.1) is 0 Å². The van der Waals surface area contributed by atoms with Crippen LogP contribution in [-0.2, 0) is 0 Å². The Morgan fingerprint density at radius 3 is 2.12 bits per heavy atom. The van der Waals surface area contributed by atoms with Crippen LogP contribution >= 0.6 is 0 Å². The summed E-state index contributed by atoms with van der Waals surface area (Å²) in [5.41, 5.74) is 15.4. The normalized spacial score (nSPS) is 15.2. The molecule has 0 amide bonds. The number of nitrogens with zero attached hydrogens (tertiary/aromatic N) is 2. The van der Waals surface area contributed by atoms with Gasteiger partial charge in [0.1, 0.15) is 0 Å². The summed E-state index contributed by atoms with van der Waals surface area (Å²) in [6.07, 6.45) is 2.11. The molecule has 1 aliphatic carbocycles. The number of hydrogen-bond acceptors (Lipinski definition) is 4. The molecule has 1 aliphatic rings. The summed E-state index contributed by atoms with van der Waals surface area (Å²) in [7, 11) is 0. The van der Waals surface area contributed by atoms with Gasteiger partial charge in [-0.2, -0.15) is 0 Å². The number of hydrogen-bond donors (Lipinski definition) is 2. The Kier molecular flexibility index (Phi) is 5.56. The van der Waals surface area contributed by atoms with Crippen molar-refractivity contribution >= 4 is 39.9 Å². The number of nitrogens with one attached hydrogen (secondary N) is 1. The smallest absolute Gasteiger partial charge is 0.0873 e. The zero-order chi connectivity index (χ0) is 22.6. The standard InChI is InChI=1S/C29H24N4/c1-20-18-27(31-22-10-4-2-5-11-22)24-14-8-9-15-25(24)29(20)33-26-17-16-21(30)19-28(26)32-23-12-6-3-7-13-23/h2-19,32H,30H2,1H3. The molecule has 0 bridgehead atoms. The van der Waals surface area contributed by atoms with Gasteiger partial charge in [0.2, 0.25) is 0 Å². The first-order valence-corrected chi connectivity index (χ1v) is 10.9. The third-order valence-corrected chi connectivity index (χ3v) is 5.50. The molecule has 4 heteroatoms. The molecule has 4 aromatic carbocycles. The van der Waals surface area contributed by atoms with Crippen LogP contribution in [0.15, 0.2) is 125 Å². The third kappa shape index (κ3) is 4.46. The van der Waals surface area contributed by atoms with E-state index in [9.17, 15) is 0 Å². The van der Waals surface area contributed by atoms with Crippen molar-refractivity contribution < 1.29 is 0 Å². The molecule has 33 heavy (non-hydrogen) atoms. The van der Waals surface area contributed by atoms with Gasteiger partial charge >= 0.3 is 0 Å². The maximum atomic E-state index is 6.09. The number of nitrogens with two attached hydrogens (primary N) is 1. The number of fused-ring (bicyclic) bond motifs is 1. The van der Waals surface area contributed by atoms with E-state index in [1.54, 1.807) is 0 Å². The van der Waals surface area contributed by atoms with Gasteiger partial charge in [-0.05, 0) is 61.0 Å². The van der Waals surface area contributed by atoms with Gasteiger partial charge in [0.05, 0.1) is 28.5 Å². The fourth-order valence-corrected chi connectivity index (χ4v) is 3.91. The van der Waals surface area contributed by atoms with Crippen LogP contribution in [0, 0.1) is 0 Å². The lowest BCUT2D eigenvalue weighted by atomic mass is 9.89. The zero-order valence-corrected chi connectivity index (χ0v) is 18.4. The summed E-state index contributed by atoms with van der Waals surface area (Å²) in [6.45, 7) is 2.08. The summed E-state index contributed by atoms with van der Waals surface area (Å²) in [4.78, 5) is 9.99. The number of aliphatic imine (C=N–C) groups is 2. The highest BCUT2D eigenvalue weighted by atomic mass is 14.9. The number of rotatable bonds is 4. The Hall–Kier alpha value is -4.44. The van der Waals surface area contributed by atoms with Crippen LogP contribution in [0.4, 0.5) is 28.4 Å². The molecule has 4 nitrogen and oxygen atoms in total. The molecule has 0 aromatic heterocycles. The molecule has 0 heterocycles. The minimum atomic E-state index is 0.686. The number of benzene rings is 4. The van der Waals surface area contributed by atoms with E-state index in [0.29, 0.717) is 5.69 Å². The fraction of sp³-hybridized carbons (Fsp3) is 0.0345. The predicted octanol–water partition coefficient (Wildman–Crippen LogP) is 7.21. The lowest BCUT2D eigenvalue weighted by molar-refractivity contribution is 1.40. The van der Waals surface area contributed by atoms with Gasteiger partial charge in [-0.25, -0.2) is 9.98 Å². The van der Waals surface area contributed by atoms with E-state index in [-0.39, 0.29) is 0 Å². The van der Waals surface area contributed by atoms with E-state index >= 15 is 0 Å². The van der Waals surface area contributed by atoms with Crippen LogP contribution in [-0.4, -0.2) is 11.4 Å². The van der Waals surface area contributed by atoms with E-state index < -0.39 is 0 Å². The van der Waals surface area contributed by atoms with Crippen LogP contribution in [0.2, 0.25) is 0 Å². The predicted molar refractivity (Wildman–Crippen MR) is 140 cm³/mol. The number of anilines is 3. The fourth-order valence-electron chi connectivity index (χ4n) is 3.91. The van der Waals surface area contributed by atoms with Crippen molar-refractivity contribution in [3.05, 3.63) is 126 Å². The van der Waals surface area contributed by atoms with Crippen molar-refractivity contribution in [1.82, 2.24) is 0 Å². The van der Waals surface area contributed by atoms with Crippen molar-refractivity contribution in [2.45, 2.75) is 6.92 Å². The van der Waals surface area contributed by atoms with Crippen molar-refractivity contribution in [2.24, 2.45) is 9.98 Å². The number of allylic oxidation sites excluding steroid dienone is 2. The second kappa shape index (κ2) is 8.97. The molecular formula is C29H24N4. The molecule has 0 spiro atoms.